The summed E-state index contributed by atoms with van der Waals surface area (Å²) in [5, 5.41) is 8.21. The molecule has 0 N–H and O–H groups in total. The lowest BCUT2D eigenvalue weighted by Gasteiger charge is -2.32. The molecule has 1 saturated heterocycles. The zero-order chi connectivity index (χ0) is 14.7. The Morgan fingerprint density at radius 2 is 2.33 bits per heavy atom. The van der Waals surface area contributed by atoms with Crippen LogP contribution in [0.5, 0.6) is 0 Å². The van der Waals surface area contributed by atoms with Gasteiger partial charge in [-0.25, -0.2) is 0 Å². The Balaban J connectivity index is 1.70. The van der Waals surface area contributed by atoms with Gasteiger partial charge in [-0.3, -0.25) is 9.88 Å². The summed E-state index contributed by atoms with van der Waals surface area (Å²) >= 11 is 0. The molecule has 0 aliphatic carbocycles. The number of rotatable bonds is 4. The fourth-order valence-corrected chi connectivity index (χ4v) is 2.68. The topological polar surface area (TPSA) is 56.1 Å². The summed E-state index contributed by atoms with van der Waals surface area (Å²) in [6.07, 6.45) is 3.60. The first kappa shape index (κ1) is 14.2. The molecule has 3 heterocycles. The fraction of sp³-hybridized carbons (Fsp3) is 0.533. The van der Waals surface area contributed by atoms with Crippen LogP contribution in [-0.4, -0.2) is 44.3 Å². The van der Waals surface area contributed by atoms with Crippen molar-refractivity contribution in [3.8, 4) is 0 Å². The minimum Gasteiger partial charge on any atom is -0.368 e. The van der Waals surface area contributed by atoms with E-state index in [4.69, 9.17) is 4.74 Å². The Kier molecular flexibility index (Phi) is 4.26. The van der Waals surface area contributed by atoms with Crippen molar-refractivity contribution >= 4 is 0 Å². The number of aromatic nitrogens is 4. The Bertz CT molecular complexity index is 597. The van der Waals surface area contributed by atoms with Gasteiger partial charge in [-0.15, -0.1) is 10.2 Å². The molecular formula is C15H21N5O. The number of aryl methyl sites for hydroxylation is 2. The van der Waals surface area contributed by atoms with Crippen molar-refractivity contribution in [1.29, 1.82) is 0 Å². The Hall–Kier alpha value is -1.79. The zero-order valence-electron chi connectivity index (χ0n) is 12.6. The highest BCUT2D eigenvalue weighted by molar-refractivity contribution is 5.18. The quantitative estimate of drug-likeness (QED) is 0.854. The van der Waals surface area contributed by atoms with Gasteiger partial charge in [0.05, 0.1) is 6.61 Å². The van der Waals surface area contributed by atoms with Crippen molar-refractivity contribution < 1.29 is 4.74 Å². The molecule has 0 amide bonds. The van der Waals surface area contributed by atoms with Crippen molar-refractivity contribution in [3.63, 3.8) is 0 Å². The van der Waals surface area contributed by atoms with E-state index < -0.39 is 0 Å². The number of morpholine rings is 1. The fourth-order valence-electron chi connectivity index (χ4n) is 2.68. The molecule has 0 saturated carbocycles. The molecule has 6 heteroatoms. The minimum absolute atomic E-state index is 0.00169. The molecule has 0 radical (unpaired) electrons. The normalized spacial score (nSPS) is 19.8. The van der Waals surface area contributed by atoms with Crippen LogP contribution in [0.2, 0.25) is 0 Å². The van der Waals surface area contributed by atoms with Gasteiger partial charge < -0.3 is 9.30 Å². The first-order chi connectivity index (χ1) is 10.3. The van der Waals surface area contributed by atoms with Crippen LogP contribution in [0.1, 0.15) is 30.1 Å². The highest BCUT2D eigenvalue weighted by Crippen LogP contribution is 2.22. The summed E-state index contributed by atoms with van der Waals surface area (Å²) < 4.78 is 7.93. The largest absolute Gasteiger partial charge is 0.368 e. The van der Waals surface area contributed by atoms with E-state index in [1.807, 2.05) is 16.8 Å². The average molecular weight is 287 g/mol. The van der Waals surface area contributed by atoms with Crippen molar-refractivity contribution in [2.24, 2.45) is 0 Å². The first-order valence-electron chi connectivity index (χ1n) is 7.40. The van der Waals surface area contributed by atoms with Crippen LogP contribution in [0.3, 0.4) is 0 Å². The predicted octanol–water partition coefficient (Wildman–Crippen LogP) is 1.57. The highest BCUT2D eigenvalue weighted by atomic mass is 16.5. The third-order valence-electron chi connectivity index (χ3n) is 3.94. The molecular weight excluding hydrogens is 266 g/mol. The Morgan fingerprint density at radius 1 is 1.43 bits per heavy atom. The molecule has 21 heavy (non-hydrogen) atoms. The second kappa shape index (κ2) is 6.32. The van der Waals surface area contributed by atoms with Crippen LogP contribution in [0.4, 0.5) is 0 Å². The second-order valence-corrected chi connectivity index (χ2v) is 5.32. The Morgan fingerprint density at radius 3 is 3.14 bits per heavy atom. The molecule has 0 bridgehead atoms. The molecule has 1 aliphatic rings. The lowest BCUT2D eigenvalue weighted by atomic mass is 10.1. The monoisotopic (exact) mass is 287 g/mol. The lowest BCUT2D eigenvalue weighted by molar-refractivity contribution is -0.0389. The van der Waals surface area contributed by atoms with Crippen molar-refractivity contribution in [2.45, 2.75) is 33.0 Å². The number of nitrogens with zero attached hydrogens (tertiary/aromatic N) is 5. The van der Waals surface area contributed by atoms with Crippen LogP contribution in [0.25, 0.3) is 0 Å². The van der Waals surface area contributed by atoms with Gasteiger partial charge in [0.15, 0.2) is 5.82 Å². The third kappa shape index (κ3) is 3.11. The van der Waals surface area contributed by atoms with E-state index in [1.165, 1.54) is 5.56 Å². The standard InChI is InChI=1S/C15H21N5O/c1-3-20-11-17-18-15(20)14-10-19(7-8-21-14)9-13-5-4-6-16-12(13)2/h4-6,11,14H,3,7-10H2,1-2H3. The van der Waals surface area contributed by atoms with Gasteiger partial charge in [-0.05, 0) is 25.5 Å². The van der Waals surface area contributed by atoms with Gasteiger partial charge in [0.1, 0.15) is 12.4 Å². The van der Waals surface area contributed by atoms with Gasteiger partial charge in [-0.2, -0.15) is 0 Å². The zero-order valence-corrected chi connectivity index (χ0v) is 12.6. The van der Waals surface area contributed by atoms with Crippen LogP contribution in [0, 0.1) is 6.92 Å². The third-order valence-corrected chi connectivity index (χ3v) is 3.94. The van der Waals surface area contributed by atoms with E-state index in [-0.39, 0.29) is 6.10 Å². The van der Waals surface area contributed by atoms with Gasteiger partial charge >= 0.3 is 0 Å². The molecule has 1 atom stereocenters. The van der Waals surface area contributed by atoms with E-state index in [2.05, 4.69) is 40.0 Å². The van der Waals surface area contributed by atoms with Gasteiger partial charge in [-0.1, -0.05) is 6.07 Å². The summed E-state index contributed by atoms with van der Waals surface area (Å²) in [5.41, 5.74) is 2.37. The SMILES string of the molecule is CCn1cnnc1C1CN(Cc2cccnc2C)CCO1. The lowest BCUT2D eigenvalue weighted by Crippen LogP contribution is -2.38. The molecule has 1 fully saturated rings. The second-order valence-electron chi connectivity index (χ2n) is 5.32. The molecule has 112 valence electrons. The molecule has 1 unspecified atom stereocenters. The first-order valence-corrected chi connectivity index (χ1v) is 7.40. The molecule has 2 aromatic heterocycles. The van der Waals surface area contributed by atoms with Crippen LogP contribution in [-0.2, 0) is 17.8 Å². The summed E-state index contributed by atoms with van der Waals surface area (Å²) in [7, 11) is 0. The van der Waals surface area contributed by atoms with E-state index in [0.29, 0.717) is 0 Å². The predicted molar refractivity (Wildman–Crippen MR) is 78.6 cm³/mol. The molecule has 2 aromatic rings. The average Bonchev–Trinajstić information content (AvgIpc) is 2.98. The van der Waals surface area contributed by atoms with Gasteiger partial charge in [0, 0.05) is 38.1 Å². The van der Waals surface area contributed by atoms with Crippen molar-refractivity contribution in [2.75, 3.05) is 19.7 Å². The van der Waals surface area contributed by atoms with Crippen molar-refractivity contribution in [3.05, 3.63) is 41.7 Å². The molecule has 0 spiro atoms. The molecule has 6 nitrogen and oxygen atoms in total. The highest BCUT2D eigenvalue weighted by Gasteiger charge is 2.26. The minimum atomic E-state index is -0.00169. The number of hydrogen-bond acceptors (Lipinski definition) is 5. The Labute approximate surface area is 124 Å². The summed E-state index contributed by atoms with van der Waals surface area (Å²) in [6, 6.07) is 4.13. The van der Waals surface area contributed by atoms with Crippen LogP contribution < -0.4 is 0 Å². The van der Waals surface area contributed by atoms with E-state index in [1.54, 1.807) is 6.33 Å². The van der Waals surface area contributed by atoms with E-state index >= 15 is 0 Å². The summed E-state index contributed by atoms with van der Waals surface area (Å²) in [6.45, 7) is 8.41. The molecule has 1 aliphatic heterocycles. The number of ether oxygens (including phenoxy) is 1. The maximum Gasteiger partial charge on any atom is 0.163 e. The van der Waals surface area contributed by atoms with Gasteiger partial charge in [0.25, 0.3) is 0 Å². The van der Waals surface area contributed by atoms with E-state index in [9.17, 15) is 0 Å². The summed E-state index contributed by atoms with van der Waals surface area (Å²) in [5.74, 6) is 0.921. The summed E-state index contributed by atoms with van der Waals surface area (Å²) in [4.78, 5) is 6.75. The van der Waals surface area contributed by atoms with Crippen molar-refractivity contribution in [1.82, 2.24) is 24.6 Å². The number of hydrogen-bond donors (Lipinski definition) is 0. The maximum atomic E-state index is 5.88. The maximum absolute atomic E-state index is 5.88. The molecule has 3 rings (SSSR count). The van der Waals surface area contributed by atoms with E-state index in [0.717, 1.165) is 44.3 Å². The smallest absolute Gasteiger partial charge is 0.163 e. The number of pyridine rings is 1. The van der Waals surface area contributed by atoms with Crippen LogP contribution >= 0.6 is 0 Å². The molecule has 0 aromatic carbocycles. The van der Waals surface area contributed by atoms with Gasteiger partial charge in [0.2, 0.25) is 0 Å². The van der Waals surface area contributed by atoms with Crippen LogP contribution in [0.15, 0.2) is 24.7 Å².